The van der Waals surface area contributed by atoms with E-state index >= 15 is 0 Å². The zero-order chi connectivity index (χ0) is 14.1. The van der Waals surface area contributed by atoms with Gasteiger partial charge in [0.05, 0.1) is 6.04 Å². The normalized spacial score (nSPS) is 27.8. The number of hydrogen-bond donors (Lipinski definition) is 3. The molecule has 0 bridgehead atoms. The molecule has 0 saturated carbocycles. The second kappa shape index (κ2) is 5.34. The molecule has 3 N–H and O–H groups in total. The Balaban J connectivity index is 2.70. The fourth-order valence-electron chi connectivity index (χ4n) is 1.98. The fraction of sp³-hybridized carbons (Fsp3) is 0.833. The van der Waals surface area contributed by atoms with Crippen LogP contribution in [-0.2, 0) is 9.59 Å². The van der Waals surface area contributed by atoms with Crippen molar-refractivity contribution in [1.82, 2.24) is 10.2 Å². The first kappa shape index (κ1) is 15.1. The summed E-state index contributed by atoms with van der Waals surface area (Å²) in [5, 5.41) is 21.7. The van der Waals surface area contributed by atoms with Gasteiger partial charge in [0.2, 0.25) is 0 Å². The Morgan fingerprint density at radius 3 is 2.33 bits per heavy atom. The number of nitrogens with zero attached hydrogens (tertiary/aromatic N) is 1. The van der Waals surface area contributed by atoms with E-state index in [9.17, 15) is 14.7 Å². The highest BCUT2D eigenvalue weighted by atomic mass is 16.4. The molecular formula is C12H22N2O4. The van der Waals surface area contributed by atoms with Crippen molar-refractivity contribution in [2.45, 2.75) is 39.0 Å². The molecule has 1 saturated heterocycles. The number of piperazine rings is 1. The van der Waals surface area contributed by atoms with E-state index in [4.69, 9.17) is 5.11 Å². The van der Waals surface area contributed by atoms with Crippen LogP contribution in [0.4, 0.5) is 0 Å². The number of rotatable bonds is 3. The van der Waals surface area contributed by atoms with Crippen molar-refractivity contribution < 1.29 is 19.8 Å². The molecule has 0 aromatic heterocycles. The summed E-state index contributed by atoms with van der Waals surface area (Å²) in [4.78, 5) is 24.7. The smallest absolute Gasteiger partial charge is 0.322 e. The third kappa shape index (κ3) is 3.28. The average Bonchev–Trinajstić information content (AvgIpc) is 2.25. The molecular weight excluding hydrogens is 236 g/mol. The van der Waals surface area contributed by atoms with E-state index in [1.54, 1.807) is 32.7 Å². The van der Waals surface area contributed by atoms with Crippen molar-refractivity contribution >= 4 is 11.8 Å². The van der Waals surface area contributed by atoms with E-state index in [0.29, 0.717) is 0 Å². The van der Waals surface area contributed by atoms with Crippen molar-refractivity contribution in [3.8, 4) is 0 Å². The highest BCUT2D eigenvalue weighted by Crippen LogP contribution is 2.22. The first-order valence-corrected chi connectivity index (χ1v) is 6.03. The number of hydrogen-bond acceptors (Lipinski definition) is 5. The Hall–Kier alpha value is -0.980. The van der Waals surface area contributed by atoms with Gasteiger partial charge in [-0.1, -0.05) is 20.8 Å². The maximum atomic E-state index is 12.2. The van der Waals surface area contributed by atoms with Gasteiger partial charge in [-0.25, -0.2) is 0 Å². The Morgan fingerprint density at radius 1 is 1.39 bits per heavy atom. The number of carbonyl (C=O) groups excluding carboxylic acids is 1. The van der Waals surface area contributed by atoms with E-state index in [2.05, 4.69) is 5.32 Å². The third-order valence-corrected chi connectivity index (χ3v) is 3.28. The van der Waals surface area contributed by atoms with Gasteiger partial charge in [0.25, 0.3) is 0 Å². The highest BCUT2D eigenvalue weighted by Gasteiger charge is 2.39. The number of nitrogens with one attached hydrogen (secondary N) is 1. The Labute approximate surface area is 107 Å². The van der Waals surface area contributed by atoms with E-state index in [-0.39, 0.29) is 18.9 Å². The molecule has 1 heterocycles. The summed E-state index contributed by atoms with van der Waals surface area (Å²) in [6, 6.07) is -1.14. The summed E-state index contributed by atoms with van der Waals surface area (Å²) >= 11 is 0. The molecule has 0 aromatic carbocycles. The monoisotopic (exact) mass is 258 g/mol. The number of carboxylic acids is 1. The molecule has 18 heavy (non-hydrogen) atoms. The van der Waals surface area contributed by atoms with Crippen LogP contribution in [0.3, 0.4) is 0 Å². The van der Waals surface area contributed by atoms with Crippen LogP contribution in [0.1, 0.15) is 20.8 Å². The molecule has 1 fully saturated rings. The number of Topliss-reactive ketones (excluding diaryl/α,β-unsaturated/α-hetero) is 1. The van der Waals surface area contributed by atoms with Crippen LogP contribution in [0.15, 0.2) is 0 Å². The maximum Gasteiger partial charge on any atom is 0.322 e. The minimum absolute atomic E-state index is 0.249. The van der Waals surface area contributed by atoms with Gasteiger partial charge in [-0.2, -0.15) is 0 Å². The van der Waals surface area contributed by atoms with Crippen LogP contribution in [0, 0.1) is 5.41 Å². The van der Waals surface area contributed by atoms with Gasteiger partial charge in [-0.05, 0) is 12.5 Å². The molecule has 6 heteroatoms. The van der Waals surface area contributed by atoms with Crippen molar-refractivity contribution in [1.29, 1.82) is 0 Å². The first-order valence-electron chi connectivity index (χ1n) is 6.03. The molecule has 1 rings (SSSR count). The number of carbonyl (C=O) groups is 2. The second-order valence-electron chi connectivity index (χ2n) is 5.93. The first-order chi connectivity index (χ1) is 8.14. The van der Waals surface area contributed by atoms with E-state index in [0.717, 1.165) is 0 Å². The molecule has 0 spiro atoms. The Kier molecular flexibility index (Phi) is 4.47. The molecule has 1 aliphatic rings. The number of aliphatic hydroxyl groups excluding tert-OH is 1. The lowest BCUT2D eigenvalue weighted by Gasteiger charge is -2.38. The van der Waals surface area contributed by atoms with Gasteiger partial charge in [-0.15, -0.1) is 0 Å². The van der Waals surface area contributed by atoms with Gasteiger partial charge < -0.3 is 15.5 Å². The summed E-state index contributed by atoms with van der Waals surface area (Å²) < 4.78 is 0. The highest BCUT2D eigenvalue weighted by molar-refractivity contribution is 5.89. The van der Waals surface area contributed by atoms with Gasteiger partial charge in [0.1, 0.15) is 12.1 Å². The van der Waals surface area contributed by atoms with Crippen molar-refractivity contribution in [3.63, 3.8) is 0 Å². The summed E-state index contributed by atoms with van der Waals surface area (Å²) in [5.74, 6) is -1.19. The molecule has 1 aliphatic heterocycles. The molecule has 104 valence electrons. The molecule has 3 atom stereocenters. The summed E-state index contributed by atoms with van der Waals surface area (Å²) in [5.41, 5.74) is -0.512. The summed E-state index contributed by atoms with van der Waals surface area (Å²) in [7, 11) is 1.70. The predicted octanol–water partition coefficient (Wildman–Crippen LogP) is -0.681. The maximum absolute atomic E-state index is 12.2. The molecule has 2 unspecified atom stereocenters. The van der Waals surface area contributed by atoms with Crippen LogP contribution in [0.5, 0.6) is 0 Å². The number of ketones is 1. The van der Waals surface area contributed by atoms with Crippen molar-refractivity contribution in [2.24, 2.45) is 5.41 Å². The lowest BCUT2D eigenvalue weighted by molar-refractivity contribution is -0.145. The average molecular weight is 258 g/mol. The van der Waals surface area contributed by atoms with Crippen LogP contribution in [-0.4, -0.2) is 65.2 Å². The van der Waals surface area contributed by atoms with Gasteiger partial charge in [0, 0.05) is 13.1 Å². The SMILES string of the molecule is CN1CC(C(=O)O)NCC1C(=O)[C@H](O)C(C)(C)C. The lowest BCUT2D eigenvalue weighted by atomic mass is 9.84. The zero-order valence-corrected chi connectivity index (χ0v) is 11.3. The lowest BCUT2D eigenvalue weighted by Crippen LogP contribution is -2.62. The van der Waals surface area contributed by atoms with Gasteiger partial charge in [-0.3, -0.25) is 14.5 Å². The second-order valence-corrected chi connectivity index (χ2v) is 5.93. The number of likely N-dealkylation sites (N-methyl/N-ethyl adjacent to an activating group) is 1. The predicted molar refractivity (Wildman–Crippen MR) is 66.3 cm³/mol. The molecule has 0 radical (unpaired) electrons. The van der Waals surface area contributed by atoms with Crippen LogP contribution in [0.25, 0.3) is 0 Å². The number of carboxylic acid groups (broad SMARTS) is 1. The molecule has 0 aromatic rings. The largest absolute Gasteiger partial charge is 0.480 e. The van der Waals surface area contributed by atoms with Crippen molar-refractivity contribution in [2.75, 3.05) is 20.1 Å². The van der Waals surface area contributed by atoms with Crippen molar-refractivity contribution in [3.05, 3.63) is 0 Å². The van der Waals surface area contributed by atoms with Gasteiger partial charge in [0.15, 0.2) is 5.78 Å². The van der Waals surface area contributed by atoms with E-state index in [1.807, 2.05) is 0 Å². The molecule has 6 nitrogen and oxygen atoms in total. The Bertz CT molecular complexity index is 337. The Morgan fingerprint density at radius 2 is 1.94 bits per heavy atom. The summed E-state index contributed by atoms with van der Waals surface area (Å²) in [6.45, 7) is 5.89. The standard InChI is InChI=1S/C12H22N2O4/c1-12(2,3)10(16)9(15)8-5-13-7(11(17)18)6-14(8)4/h7-8,10,13,16H,5-6H2,1-4H3,(H,17,18)/t7?,8?,10-/m0/s1. The minimum atomic E-state index is -1.05. The summed E-state index contributed by atoms with van der Waals surface area (Å²) in [6.07, 6.45) is -1.05. The number of aliphatic carboxylic acids is 1. The topological polar surface area (TPSA) is 89.9 Å². The number of aliphatic hydroxyl groups is 1. The molecule has 0 amide bonds. The fourth-order valence-corrected chi connectivity index (χ4v) is 1.98. The van der Waals surface area contributed by atoms with E-state index in [1.165, 1.54) is 0 Å². The molecule has 0 aliphatic carbocycles. The van der Waals surface area contributed by atoms with Gasteiger partial charge >= 0.3 is 5.97 Å². The van der Waals surface area contributed by atoms with Crippen LogP contribution < -0.4 is 5.32 Å². The van der Waals surface area contributed by atoms with Crippen LogP contribution >= 0.6 is 0 Å². The third-order valence-electron chi connectivity index (χ3n) is 3.28. The van der Waals surface area contributed by atoms with Crippen LogP contribution in [0.2, 0.25) is 0 Å². The zero-order valence-electron chi connectivity index (χ0n) is 11.3. The van der Waals surface area contributed by atoms with E-state index < -0.39 is 29.6 Å². The minimum Gasteiger partial charge on any atom is -0.480 e. The quantitative estimate of drug-likeness (QED) is 0.621.